The summed E-state index contributed by atoms with van der Waals surface area (Å²) >= 11 is 7.40. The van der Waals surface area contributed by atoms with Crippen LogP contribution in [0.1, 0.15) is 5.01 Å². The highest BCUT2D eigenvalue weighted by Crippen LogP contribution is 2.24. The molecule has 2 amide bonds. The second kappa shape index (κ2) is 5.71. The van der Waals surface area contributed by atoms with Crippen LogP contribution in [0.5, 0.6) is 0 Å². The summed E-state index contributed by atoms with van der Waals surface area (Å²) in [6.45, 7) is 1.96. The van der Waals surface area contributed by atoms with Crippen molar-refractivity contribution in [2.45, 2.75) is 6.92 Å². The van der Waals surface area contributed by atoms with Crippen LogP contribution < -0.4 is 10.6 Å². The van der Waals surface area contributed by atoms with Gasteiger partial charge in [0.05, 0.1) is 15.2 Å². The zero-order valence-corrected chi connectivity index (χ0v) is 12.8. The van der Waals surface area contributed by atoms with Gasteiger partial charge in [-0.1, -0.05) is 11.6 Å². The number of carbonyl (C=O) groups is 1. The van der Waals surface area contributed by atoms with Gasteiger partial charge in [0.15, 0.2) is 0 Å². The molecule has 0 saturated carbocycles. The van der Waals surface area contributed by atoms with E-state index in [1.165, 1.54) is 0 Å². The molecule has 0 aliphatic heterocycles. The van der Waals surface area contributed by atoms with E-state index in [2.05, 4.69) is 15.6 Å². The van der Waals surface area contributed by atoms with Gasteiger partial charge in [0.2, 0.25) is 0 Å². The van der Waals surface area contributed by atoms with E-state index in [0.29, 0.717) is 10.7 Å². The van der Waals surface area contributed by atoms with Gasteiger partial charge in [-0.25, -0.2) is 9.78 Å². The van der Waals surface area contributed by atoms with E-state index in [-0.39, 0.29) is 6.03 Å². The second-order valence-electron chi connectivity index (χ2n) is 4.50. The Morgan fingerprint density at radius 3 is 2.52 bits per heavy atom. The van der Waals surface area contributed by atoms with Crippen LogP contribution in [0.3, 0.4) is 0 Å². The fraction of sp³-hybridized carbons (Fsp3) is 0.0667. The first-order valence-electron chi connectivity index (χ1n) is 6.31. The first kappa shape index (κ1) is 13.9. The number of urea groups is 1. The average molecular weight is 318 g/mol. The van der Waals surface area contributed by atoms with Crippen molar-refractivity contribution in [3.63, 3.8) is 0 Å². The molecule has 21 heavy (non-hydrogen) atoms. The molecule has 4 nitrogen and oxygen atoms in total. The van der Waals surface area contributed by atoms with Gasteiger partial charge in [0.1, 0.15) is 0 Å². The number of aromatic nitrogens is 1. The molecule has 0 aliphatic rings. The summed E-state index contributed by atoms with van der Waals surface area (Å²) in [6, 6.07) is 12.3. The lowest BCUT2D eigenvalue weighted by Crippen LogP contribution is -2.19. The zero-order valence-electron chi connectivity index (χ0n) is 11.2. The lowest BCUT2D eigenvalue weighted by Gasteiger charge is -2.07. The van der Waals surface area contributed by atoms with Crippen LogP contribution in [0.25, 0.3) is 10.2 Å². The highest BCUT2D eigenvalue weighted by molar-refractivity contribution is 7.18. The molecule has 2 aromatic carbocycles. The van der Waals surface area contributed by atoms with Crippen molar-refractivity contribution in [3.05, 3.63) is 52.5 Å². The number of aryl methyl sites for hydroxylation is 1. The summed E-state index contributed by atoms with van der Waals surface area (Å²) in [5, 5.41) is 7.19. The van der Waals surface area contributed by atoms with E-state index < -0.39 is 0 Å². The number of rotatable bonds is 2. The molecule has 6 heteroatoms. The van der Waals surface area contributed by atoms with Crippen molar-refractivity contribution >= 4 is 50.6 Å². The Bertz CT molecular complexity index is 798. The van der Waals surface area contributed by atoms with Gasteiger partial charge >= 0.3 is 6.03 Å². The van der Waals surface area contributed by atoms with E-state index in [9.17, 15) is 4.79 Å². The summed E-state index contributed by atoms with van der Waals surface area (Å²) in [7, 11) is 0. The maximum atomic E-state index is 11.9. The molecule has 0 bridgehead atoms. The minimum atomic E-state index is -0.294. The van der Waals surface area contributed by atoms with Crippen LogP contribution in [0.15, 0.2) is 42.5 Å². The van der Waals surface area contributed by atoms with E-state index >= 15 is 0 Å². The third-order valence-electron chi connectivity index (χ3n) is 2.86. The van der Waals surface area contributed by atoms with Crippen molar-refractivity contribution in [3.8, 4) is 0 Å². The maximum Gasteiger partial charge on any atom is 0.323 e. The van der Waals surface area contributed by atoms with Gasteiger partial charge < -0.3 is 10.6 Å². The van der Waals surface area contributed by atoms with Crippen molar-refractivity contribution in [2.24, 2.45) is 0 Å². The molecule has 0 spiro atoms. The standard InChI is InChI=1S/C15H12ClN3OS/c1-9-17-13-7-6-12(8-14(13)21-9)19-15(20)18-11-4-2-10(16)3-5-11/h2-8H,1H3,(H2,18,19,20). The first-order chi connectivity index (χ1) is 10.1. The number of nitrogens with zero attached hydrogens (tertiary/aromatic N) is 1. The number of benzene rings is 2. The van der Waals surface area contributed by atoms with Gasteiger partial charge in [-0.15, -0.1) is 11.3 Å². The highest BCUT2D eigenvalue weighted by atomic mass is 35.5. The Morgan fingerprint density at radius 1 is 1.10 bits per heavy atom. The van der Waals surface area contributed by atoms with Gasteiger partial charge in [-0.3, -0.25) is 0 Å². The second-order valence-corrected chi connectivity index (χ2v) is 6.17. The molecule has 0 fully saturated rings. The molecule has 1 aromatic heterocycles. The molecule has 0 saturated heterocycles. The fourth-order valence-corrected chi connectivity index (χ4v) is 2.94. The molecule has 2 N–H and O–H groups in total. The summed E-state index contributed by atoms with van der Waals surface area (Å²) in [5.74, 6) is 0. The van der Waals surface area contributed by atoms with Crippen molar-refractivity contribution in [1.82, 2.24) is 4.98 Å². The SMILES string of the molecule is Cc1nc2ccc(NC(=O)Nc3ccc(Cl)cc3)cc2s1. The number of hydrogen-bond donors (Lipinski definition) is 2. The predicted molar refractivity (Wildman–Crippen MR) is 88.5 cm³/mol. The number of fused-ring (bicyclic) bond motifs is 1. The maximum absolute atomic E-state index is 11.9. The van der Waals surface area contributed by atoms with E-state index in [1.807, 2.05) is 25.1 Å². The smallest absolute Gasteiger partial charge is 0.308 e. The topological polar surface area (TPSA) is 54.0 Å². The number of nitrogens with one attached hydrogen (secondary N) is 2. The molecule has 3 rings (SSSR count). The number of thiazole rings is 1. The Morgan fingerprint density at radius 2 is 1.76 bits per heavy atom. The molecule has 106 valence electrons. The average Bonchev–Trinajstić information content (AvgIpc) is 2.80. The molecule has 0 aliphatic carbocycles. The van der Waals surface area contributed by atoms with Gasteiger partial charge in [-0.05, 0) is 49.4 Å². The first-order valence-corrected chi connectivity index (χ1v) is 7.50. The van der Waals surface area contributed by atoms with E-state index in [1.54, 1.807) is 35.6 Å². The molecular weight excluding hydrogens is 306 g/mol. The Labute approximate surface area is 130 Å². The summed E-state index contributed by atoms with van der Waals surface area (Å²) < 4.78 is 1.05. The van der Waals surface area contributed by atoms with Crippen molar-refractivity contribution < 1.29 is 4.79 Å². The molecule has 1 heterocycles. The minimum absolute atomic E-state index is 0.294. The largest absolute Gasteiger partial charge is 0.323 e. The lowest BCUT2D eigenvalue weighted by atomic mass is 10.3. The predicted octanol–water partition coefficient (Wildman–Crippen LogP) is 4.90. The quantitative estimate of drug-likeness (QED) is 0.706. The van der Waals surface area contributed by atoms with Crippen LogP contribution in [-0.4, -0.2) is 11.0 Å². The normalized spacial score (nSPS) is 10.6. The minimum Gasteiger partial charge on any atom is -0.308 e. The number of anilines is 2. The highest BCUT2D eigenvalue weighted by Gasteiger charge is 2.05. The Balaban J connectivity index is 1.71. The zero-order chi connectivity index (χ0) is 14.8. The number of halogens is 1. The summed E-state index contributed by atoms with van der Waals surface area (Å²) in [5.41, 5.74) is 2.37. The third-order valence-corrected chi connectivity index (χ3v) is 4.04. The van der Waals surface area contributed by atoms with Gasteiger partial charge in [-0.2, -0.15) is 0 Å². The molecule has 0 unspecified atom stereocenters. The Hall–Kier alpha value is -2.11. The van der Waals surface area contributed by atoms with Crippen LogP contribution in [-0.2, 0) is 0 Å². The molecule has 0 radical (unpaired) electrons. The third kappa shape index (κ3) is 3.32. The van der Waals surface area contributed by atoms with E-state index in [4.69, 9.17) is 11.6 Å². The van der Waals surface area contributed by atoms with Crippen molar-refractivity contribution in [1.29, 1.82) is 0 Å². The summed E-state index contributed by atoms with van der Waals surface area (Å²) in [4.78, 5) is 16.3. The monoisotopic (exact) mass is 317 g/mol. The van der Waals surface area contributed by atoms with Crippen molar-refractivity contribution in [2.75, 3.05) is 10.6 Å². The van der Waals surface area contributed by atoms with E-state index in [0.717, 1.165) is 20.9 Å². The lowest BCUT2D eigenvalue weighted by molar-refractivity contribution is 0.262. The van der Waals surface area contributed by atoms with Gasteiger partial charge in [0.25, 0.3) is 0 Å². The van der Waals surface area contributed by atoms with Crippen LogP contribution in [0, 0.1) is 6.92 Å². The van der Waals surface area contributed by atoms with Crippen LogP contribution in [0.2, 0.25) is 5.02 Å². The molecule has 3 aromatic rings. The number of amides is 2. The molecule has 0 atom stereocenters. The van der Waals surface area contributed by atoms with Crippen LogP contribution in [0.4, 0.5) is 16.2 Å². The number of hydrogen-bond acceptors (Lipinski definition) is 3. The van der Waals surface area contributed by atoms with Gasteiger partial charge in [0, 0.05) is 16.4 Å². The molecular formula is C15H12ClN3OS. The fourth-order valence-electron chi connectivity index (χ4n) is 1.94. The van der Waals surface area contributed by atoms with Crippen LogP contribution >= 0.6 is 22.9 Å². The number of carbonyl (C=O) groups excluding carboxylic acids is 1. The summed E-state index contributed by atoms with van der Waals surface area (Å²) in [6.07, 6.45) is 0. The Kier molecular flexibility index (Phi) is 3.77.